The van der Waals surface area contributed by atoms with E-state index in [9.17, 15) is 0 Å². The summed E-state index contributed by atoms with van der Waals surface area (Å²) < 4.78 is 7.45. The fourth-order valence-electron chi connectivity index (χ4n) is 4.29. The first-order chi connectivity index (χ1) is 9.15. The van der Waals surface area contributed by atoms with Gasteiger partial charge in [-0.25, -0.2) is 0 Å². The molecule has 1 aromatic carbocycles. The molecule has 3 aliphatic rings. The zero-order valence-corrected chi connectivity index (χ0v) is 12.6. The van der Waals surface area contributed by atoms with Crippen molar-refractivity contribution in [1.29, 1.82) is 0 Å². The van der Waals surface area contributed by atoms with Gasteiger partial charge in [-0.3, -0.25) is 0 Å². The number of hydrogen-bond donors (Lipinski definition) is 1. The van der Waals surface area contributed by atoms with Crippen molar-refractivity contribution in [2.24, 2.45) is 0 Å². The van der Waals surface area contributed by atoms with Crippen LogP contribution in [0.5, 0.6) is 0 Å². The van der Waals surface area contributed by atoms with Gasteiger partial charge in [0, 0.05) is 15.6 Å². The van der Waals surface area contributed by atoms with Crippen molar-refractivity contribution in [3.8, 4) is 0 Å². The number of rotatable bonds is 0. The summed E-state index contributed by atoms with van der Waals surface area (Å²) in [6, 6.07) is 6.56. The molecule has 0 amide bonds. The van der Waals surface area contributed by atoms with Gasteiger partial charge in [-0.1, -0.05) is 34.5 Å². The molecule has 0 spiro atoms. The third kappa shape index (κ3) is 1.46. The smallest absolute Gasteiger partial charge is 0.149 e. The molecule has 1 aliphatic carbocycles. The van der Waals surface area contributed by atoms with Crippen molar-refractivity contribution in [3.63, 3.8) is 0 Å². The summed E-state index contributed by atoms with van der Waals surface area (Å²) in [7, 11) is 0. The fraction of sp³-hybridized carbons (Fsp3) is 0.500. The van der Waals surface area contributed by atoms with E-state index in [4.69, 9.17) is 4.74 Å². The van der Waals surface area contributed by atoms with E-state index < -0.39 is 0 Å². The number of halogens is 1. The first-order valence-corrected chi connectivity index (χ1v) is 7.83. The maximum absolute atomic E-state index is 6.29. The lowest BCUT2D eigenvalue weighted by atomic mass is 9.61. The van der Waals surface area contributed by atoms with E-state index in [-0.39, 0.29) is 11.1 Å². The minimum Gasteiger partial charge on any atom is -0.357 e. The largest absolute Gasteiger partial charge is 0.357 e. The van der Waals surface area contributed by atoms with E-state index in [2.05, 4.69) is 46.0 Å². The molecule has 2 aliphatic heterocycles. The van der Waals surface area contributed by atoms with Gasteiger partial charge in [0.05, 0.1) is 6.61 Å². The summed E-state index contributed by atoms with van der Waals surface area (Å²) in [5.41, 5.74) is 3.81. The SMILES string of the molecule is C=C1CO[C@]23CCCC[C@@]2(C1)c1cc(Br)ccc1N3. The molecule has 2 fully saturated rings. The lowest BCUT2D eigenvalue weighted by Crippen LogP contribution is -2.59. The Hall–Kier alpha value is -0.800. The van der Waals surface area contributed by atoms with Crippen molar-refractivity contribution >= 4 is 21.6 Å². The Kier molecular flexibility index (Phi) is 2.43. The Bertz CT molecular complexity index is 570. The quantitative estimate of drug-likeness (QED) is 0.717. The summed E-state index contributed by atoms with van der Waals surface area (Å²) >= 11 is 3.62. The van der Waals surface area contributed by atoms with Crippen LogP contribution in [0.1, 0.15) is 37.7 Å². The third-order valence-corrected chi connectivity index (χ3v) is 5.56. The molecule has 3 heteroatoms. The maximum atomic E-state index is 6.29. The van der Waals surface area contributed by atoms with Crippen molar-refractivity contribution in [2.45, 2.75) is 43.2 Å². The molecule has 0 aromatic heterocycles. The van der Waals surface area contributed by atoms with Crippen molar-refractivity contribution in [3.05, 3.63) is 40.4 Å². The number of anilines is 1. The van der Waals surface area contributed by atoms with Gasteiger partial charge in [0.2, 0.25) is 0 Å². The minimum absolute atomic E-state index is 0.0969. The highest BCUT2D eigenvalue weighted by molar-refractivity contribution is 9.10. The summed E-state index contributed by atoms with van der Waals surface area (Å²) in [6.45, 7) is 4.89. The minimum atomic E-state index is -0.185. The molecule has 1 saturated carbocycles. The van der Waals surface area contributed by atoms with Crippen LogP contribution in [-0.4, -0.2) is 12.3 Å². The molecule has 1 N–H and O–H groups in total. The van der Waals surface area contributed by atoms with Gasteiger partial charge in [0.1, 0.15) is 5.72 Å². The fourth-order valence-corrected chi connectivity index (χ4v) is 4.65. The molecule has 1 saturated heterocycles. The molecule has 2 heterocycles. The van der Waals surface area contributed by atoms with E-state index in [1.54, 1.807) is 0 Å². The Morgan fingerprint density at radius 2 is 2.11 bits per heavy atom. The predicted octanol–water partition coefficient (Wildman–Crippen LogP) is 4.36. The first kappa shape index (κ1) is 12.0. The third-order valence-electron chi connectivity index (χ3n) is 5.06. The first-order valence-electron chi connectivity index (χ1n) is 7.04. The Labute approximate surface area is 122 Å². The van der Waals surface area contributed by atoms with E-state index >= 15 is 0 Å². The topological polar surface area (TPSA) is 21.3 Å². The zero-order valence-electron chi connectivity index (χ0n) is 11.0. The Balaban J connectivity index is 1.94. The lowest BCUT2D eigenvalue weighted by Gasteiger charge is -2.52. The molecule has 0 radical (unpaired) electrons. The van der Waals surface area contributed by atoms with Crippen molar-refractivity contribution < 1.29 is 4.74 Å². The predicted molar refractivity (Wildman–Crippen MR) is 80.4 cm³/mol. The lowest BCUT2D eigenvalue weighted by molar-refractivity contribution is -0.111. The van der Waals surface area contributed by atoms with Gasteiger partial charge >= 0.3 is 0 Å². The van der Waals surface area contributed by atoms with E-state index in [1.807, 2.05) is 0 Å². The van der Waals surface area contributed by atoms with Gasteiger partial charge in [-0.2, -0.15) is 0 Å². The molecule has 2 nitrogen and oxygen atoms in total. The Morgan fingerprint density at radius 1 is 1.26 bits per heavy atom. The van der Waals surface area contributed by atoms with E-state index in [0.29, 0.717) is 6.61 Å². The van der Waals surface area contributed by atoms with Crippen molar-refractivity contribution in [1.82, 2.24) is 0 Å². The zero-order chi connectivity index (χ0) is 13.1. The molecular weight excluding hydrogens is 302 g/mol. The average molecular weight is 320 g/mol. The van der Waals surface area contributed by atoms with Gasteiger partial charge < -0.3 is 10.1 Å². The average Bonchev–Trinajstić information content (AvgIpc) is 2.69. The van der Waals surface area contributed by atoms with Crippen LogP contribution in [0.15, 0.2) is 34.8 Å². The molecule has 1 aromatic rings. The van der Waals surface area contributed by atoms with Crippen LogP contribution in [0.4, 0.5) is 5.69 Å². The monoisotopic (exact) mass is 319 g/mol. The summed E-state index contributed by atoms with van der Waals surface area (Å²) in [4.78, 5) is 0. The standard InChI is InChI=1S/C16H18BrNO/c1-11-9-15-6-2-3-7-16(15,19-10-11)18-14-5-4-12(17)8-13(14)15/h4-5,8,18H,1-3,6-7,9-10H2/t15-,16-/m1/s1. The molecule has 100 valence electrons. The number of benzene rings is 1. The molecule has 2 atom stereocenters. The second-order valence-corrected chi connectivity index (χ2v) is 7.06. The highest BCUT2D eigenvalue weighted by atomic mass is 79.9. The number of fused-ring (bicyclic) bond motifs is 1. The second kappa shape index (κ2) is 3.86. The summed E-state index contributed by atoms with van der Waals surface area (Å²) in [5.74, 6) is 0. The maximum Gasteiger partial charge on any atom is 0.149 e. The van der Waals surface area contributed by atoms with Gasteiger partial charge in [0.15, 0.2) is 0 Å². The van der Waals surface area contributed by atoms with Crippen molar-refractivity contribution in [2.75, 3.05) is 11.9 Å². The second-order valence-electron chi connectivity index (χ2n) is 6.15. The molecule has 0 bridgehead atoms. The number of nitrogens with one attached hydrogen (secondary N) is 1. The van der Waals surface area contributed by atoms with Crippen LogP contribution in [-0.2, 0) is 10.2 Å². The highest BCUT2D eigenvalue weighted by Gasteiger charge is 2.61. The molecule has 0 unspecified atom stereocenters. The van der Waals surface area contributed by atoms with Gasteiger partial charge in [0.25, 0.3) is 0 Å². The molecular formula is C16H18BrNO. The van der Waals surface area contributed by atoms with Crippen LogP contribution >= 0.6 is 15.9 Å². The molecule has 19 heavy (non-hydrogen) atoms. The summed E-state index contributed by atoms with van der Waals surface area (Å²) in [6.07, 6.45) is 5.89. The number of ether oxygens (including phenoxy) is 1. The van der Waals surface area contributed by atoms with Gasteiger partial charge in [-0.05, 0) is 49.4 Å². The number of hydrogen-bond acceptors (Lipinski definition) is 2. The van der Waals surface area contributed by atoms with E-state index in [0.717, 1.165) is 17.3 Å². The van der Waals surface area contributed by atoms with Crippen LogP contribution in [0.25, 0.3) is 0 Å². The normalized spacial score (nSPS) is 36.2. The van der Waals surface area contributed by atoms with Crippen LogP contribution in [0.3, 0.4) is 0 Å². The van der Waals surface area contributed by atoms with Crippen LogP contribution in [0.2, 0.25) is 0 Å². The highest BCUT2D eigenvalue weighted by Crippen LogP contribution is 2.60. The van der Waals surface area contributed by atoms with Crippen LogP contribution < -0.4 is 5.32 Å². The van der Waals surface area contributed by atoms with Crippen LogP contribution in [0, 0.1) is 0 Å². The Morgan fingerprint density at radius 3 is 3.00 bits per heavy atom. The van der Waals surface area contributed by atoms with E-state index in [1.165, 1.54) is 36.1 Å². The summed E-state index contributed by atoms with van der Waals surface area (Å²) in [5, 5.41) is 3.71. The van der Waals surface area contributed by atoms with Gasteiger partial charge in [-0.15, -0.1) is 0 Å². The molecule has 4 rings (SSSR count).